The number of rotatable bonds is 5. The van der Waals surface area contributed by atoms with E-state index in [0.29, 0.717) is 18.5 Å². The summed E-state index contributed by atoms with van der Waals surface area (Å²) < 4.78 is 25.8. The highest BCUT2D eigenvalue weighted by Gasteiger charge is 2.32. The van der Waals surface area contributed by atoms with Crippen molar-refractivity contribution in [2.24, 2.45) is 0 Å². The van der Waals surface area contributed by atoms with E-state index in [4.69, 9.17) is 0 Å². The molecule has 2 aromatic rings. The van der Waals surface area contributed by atoms with Crippen LogP contribution >= 0.6 is 0 Å². The molecule has 0 bridgehead atoms. The summed E-state index contributed by atoms with van der Waals surface area (Å²) in [6.07, 6.45) is 4.10. The lowest BCUT2D eigenvalue weighted by molar-refractivity contribution is 0.0925. The summed E-state index contributed by atoms with van der Waals surface area (Å²) in [6.45, 7) is 7.39. The Balaban J connectivity index is 1.40. The van der Waals surface area contributed by atoms with E-state index in [-0.39, 0.29) is 23.3 Å². The molecule has 0 spiro atoms. The molecule has 0 unspecified atom stereocenters. The maximum Gasteiger partial charge on any atom is 0.225 e. The average Bonchev–Trinajstić information content (AvgIpc) is 3.21. The molecule has 4 heterocycles. The molecule has 0 amide bonds. The fourth-order valence-corrected chi connectivity index (χ4v) is 6.15. The smallest absolute Gasteiger partial charge is 0.225 e. The third-order valence-corrected chi connectivity index (χ3v) is 7.68. The SMILES string of the molecule is Cc1cc(C(=O)CN2CCN(c3ncccn3)CC2)c(C)n1[C@@H]1CCS(=O)(=O)C1. The molecular weight excluding hydrogens is 390 g/mol. The van der Waals surface area contributed by atoms with Crippen LogP contribution in [-0.4, -0.2) is 77.9 Å². The van der Waals surface area contributed by atoms with Crippen LogP contribution in [0, 0.1) is 13.8 Å². The average molecular weight is 418 g/mol. The molecular formula is C20H27N5O3S. The van der Waals surface area contributed by atoms with Crippen molar-refractivity contribution in [3.8, 4) is 0 Å². The van der Waals surface area contributed by atoms with Crippen molar-refractivity contribution in [2.45, 2.75) is 26.3 Å². The van der Waals surface area contributed by atoms with Crippen LogP contribution in [0.15, 0.2) is 24.5 Å². The van der Waals surface area contributed by atoms with E-state index < -0.39 is 9.84 Å². The second kappa shape index (κ2) is 7.87. The summed E-state index contributed by atoms with van der Waals surface area (Å²) in [5.41, 5.74) is 2.55. The van der Waals surface area contributed by atoms with Gasteiger partial charge in [0, 0.05) is 61.6 Å². The zero-order valence-corrected chi connectivity index (χ0v) is 17.7. The first-order valence-electron chi connectivity index (χ1n) is 10.0. The zero-order chi connectivity index (χ0) is 20.6. The lowest BCUT2D eigenvalue weighted by Crippen LogP contribution is -2.48. The van der Waals surface area contributed by atoms with Crippen LogP contribution in [0.1, 0.15) is 34.2 Å². The van der Waals surface area contributed by atoms with Crippen molar-refractivity contribution in [1.82, 2.24) is 19.4 Å². The summed E-state index contributed by atoms with van der Waals surface area (Å²) >= 11 is 0. The van der Waals surface area contributed by atoms with Crippen LogP contribution in [-0.2, 0) is 9.84 Å². The molecule has 0 radical (unpaired) electrons. The molecule has 2 fully saturated rings. The largest absolute Gasteiger partial charge is 0.344 e. The maximum absolute atomic E-state index is 13.0. The summed E-state index contributed by atoms with van der Waals surface area (Å²) in [5.74, 6) is 1.22. The molecule has 156 valence electrons. The fourth-order valence-electron chi connectivity index (χ4n) is 4.45. The highest BCUT2D eigenvalue weighted by molar-refractivity contribution is 7.91. The number of ketones is 1. The van der Waals surface area contributed by atoms with Crippen molar-refractivity contribution in [3.05, 3.63) is 41.5 Å². The Bertz CT molecular complexity index is 995. The number of aryl methyl sites for hydroxylation is 1. The van der Waals surface area contributed by atoms with E-state index in [2.05, 4.69) is 19.8 Å². The standard InChI is InChI=1S/C20H27N5O3S/c1-15-12-18(16(2)25(15)17-4-11-29(27,28)14-17)19(26)13-23-7-9-24(10-8-23)20-21-5-3-6-22-20/h3,5-6,12,17H,4,7-11,13-14H2,1-2H3/t17-/m1/s1. The summed E-state index contributed by atoms with van der Waals surface area (Å²) in [7, 11) is -2.97. The number of carbonyl (C=O) groups excluding carboxylic acids is 1. The second-order valence-corrected chi connectivity index (χ2v) is 10.2. The highest BCUT2D eigenvalue weighted by atomic mass is 32.2. The fraction of sp³-hybridized carbons (Fsp3) is 0.550. The first-order valence-corrected chi connectivity index (χ1v) is 11.8. The van der Waals surface area contributed by atoms with Crippen molar-refractivity contribution < 1.29 is 13.2 Å². The van der Waals surface area contributed by atoms with Gasteiger partial charge < -0.3 is 9.47 Å². The van der Waals surface area contributed by atoms with Gasteiger partial charge in [-0.05, 0) is 32.4 Å². The number of aromatic nitrogens is 3. The number of hydrogen-bond donors (Lipinski definition) is 0. The Morgan fingerprint density at radius 1 is 1.14 bits per heavy atom. The van der Waals surface area contributed by atoms with Gasteiger partial charge in [0.05, 0.1) is 18.1 Å². The van der Waals surface area contributed by atoms with Crippen LogP contribution in [0.4, 0.5) is 5.95 Å². The lowest BCUT2D eigenvalue weighted by Gasteiger charge is -2.34. The van der Waals surface area contributed by atoms with Gasteiger partial charge >= 0.3 is 0 Å². The summed E-state index contributed by atoms with van der Waals surface area (Å²) in [6, 6.07) is 3.66. The summed E-state index contributed by atoms with van der Waals surface area (Å²) in [4.78, 5) is 25.9. The minimum Gasteiger partial charge on any atom is -0.344 e. The highest BCUT2D eigenvalue weighted by Crippen LogP contribution is 2.29. The van der Waals surface area contributed by atoms with Gasteiger partial charge in [-0.15, -0.1) is 0 Å². The van der Waals surface area contributed by atoms with Gasteiger partial charge in [-0.3, -0.25) is 9.69 Å². The number of nitrogens with zero attached hydrogens (tertiary/aromatic N) is 5. The van der Waals surface area contributed by atoms with Crippen LogP contribution in [0.25, 0.3) is 0 Å². The Morgan fingerprint density at radius 2 is 1.83 bits per heavy atom. The first-order chi connectivity index (χ1) is 13.8. The Labute approximate surface area is 171 Å². The number of carbonyl (C=O) groups is 1. The van der Waals surface area contributed by atoms with Crippen LogP contribution in [0.2, 0.25) is 0 Å². The lowest BCUT2D eigenvalue weighted by atomic mass is 10.1. The minimum atomic E-state index is -2.97. The van der Waals surface area contributed by atoms with E-state index in [1.165, 1.54) is 0 Å². The van der Waals surface area contributed by atoms with Gasteiger partial charge in [-0.25, -0.2) is 18.4 Å². The number of anilines is 1. The minimum absolute atomic E-state index is 0.0593. The van der Waals surface area contributed by atoms with Crippen molar-refractivity contribution >= 4 is 21.6 Å². The number of Topliss-reactive ketones (excluding diaryl/α,β-unsaturated/α-hetero) is 1. The maximum atomic E-state index is 13.0. The van der Waals surface area contributed by atoms with Gasteiger partial charge in [-0.1, -0.05) is 0 Å². The molecule has 9 heteroatoms. The van der Waals surface area contributed by atoms with Crippen molar-refractivity contribution in [1.29, 1.82) is 0 Å². The molecule has 2 saturated heterocycles. The molecule has 29 heavy (non-hydrogen) atoms. The van der Waals surface area contributed by atoms with E-state index in [0.717, 1.165) is 43.5 Å². The van der Waals surface area contributed by atoms with E-state index in [9.17, 15) is 13.2 Å². The Hall–Kier alpha value is -2.26. The number of hydrogen-bond acceptors (Lipinski definition) is 7. The second-order valence-electron chi connectivity index (χ2n) is 7.95. The molecule has 1 atom stereocenters. The summed E-state index contributed by atoms with van der Waals surface area (Å²) in [5, 5.41) is 0. The molecule has 8 nitrogen and oxygen atoms in total. The van der Waals surface area contributed by atoms with Crippen molar-refractivity contribution in [3.63, 3.8) is 0 Å². The molecule has 0 aromatic carbocycles. The van der Waals surface area contributed by atoms with Crippen LogP contribution in [0.3, 0.4) is 0 Å². The Morgan fingerprint density at radius 3 is 2.45 bits per heavy atom. The van der Waals surface area contributed by atoms with Gasteiger partial charge in [0.2, 0.25) is 5.95 Å². The third-order valence-electron chi connectivity index (χ3n) is 5.93. The molecule has 4 rings (SSSR count). The van der Waals surface area contributed by atoms with Gasteiger partial charge in [0.1, 0.15) is 0 Å². The van der Waals surface area contributed by atoms with E-state index in [1.807, 2.05) is 24.5 Å². The molecule has 2 aromatic heterocycles. The predicted octanol–water partition coefficient (Wildman–Crippen LogP) is 1.26. The monoisotopic (exact) mass is 417 g/mol. The number of sulfone groups is 1. The van der Waals surface area contributed by atoms with Gasteiger partial charge in [-0.2, -0.15) is 0 Å². The van der Waals surface area contributed by atoms with Crippen LogP contribution in [0.5, 0.6) is 0 Å². The Kier molecular flexibility index (Phi) is 5.44. The zero-order valence-electron chi connectivity index (χ0n) is 16.9. The normalized spacial score (nSPS) is 22.1. The third kappa shape index (κ3) is 4.20. The quantitative estimate of drug-likeness (QED) is 0.677. The van der Waals surface area contributed by atoms with Gasteiger partial charge in [0.15, 0.2) is 15.6 Å². The molecule has 2 aliphatic rings. The predicted molar refractivity (Wildman–Crippen MR) is 111 cm³/mol. The van der Waals surface area contributed by atoms with Gasteiger partial charge in [0.25, 0.3) is 0 Å². The molecule has 0 N–H and O–H groups in total. The molecule has 0 aliphatic carbocycles. The molecule has 0 saturated carbocycles. The first kappa shape index (κ1) is 20.0. The van der Waals surface area contributed by atoms with Crippen molar-refractivity contribution in [2.75, 3.05) is 49.1 Å². The molecule has 2 aliphatic heterocycles. The topological polar surface area (TPSA) is 88.4 Å². The number of piperazine rings is 1. The van der Waals surface area contributed by atoms with E-state index in [1.54, 1.807) is 18.5 Å². The van der Waals surface area contributed by atoms with Crippen LogP contribution < -0.4 is 4.90 Å². The van der Waals surface area contributed by atoms with E-state index >= 15 is 0 Å².